The monoisotopic (exact) mass is 419 g/mol. The van der Waals surface area contributed by atoms with Gasteiger partial charge in [-0.05, 0) is 55.5 Å². The number of hydrogen-bond acceptors (Lipinski definition) is 5. The molecule has 2 heterocycles. The maximum Gasteiger partial charge on any atom is 0.273 e. The molecule has 0 aliphatic carbocycles. The molecule has 0 saturated carbocycles. The Kier molecular flexibility index (Phi) is 6.09. The summed E-state index contributed by atoms with van der Waals surface area (Å²) in [7, 11) is -3.61. The molecule has 2 atom stereocenters. The normalized spacial score (nSPS) is 20.2. The predicted molar refractivity (Wildman–Crippen MR) is 107 cm³/mol. The Morgan fingerprint density at radius 3 is 2.14 bits per heavy atom. The van der Waals surface area contributed by atoms with E-state index in [0.29, 0.717) is 36.2 Å². The van der Waals surface area contributed by atoms with E-state index in [9.17, 15) is 18.0 Å². The Labute approximate surface area is 170 Å². The molecule has 1 aromatic heterocycles. The van der Waals surface area contributed by atoms with Gasteiger partial charge >= 0.3 is 0 Å². The van der Waals surface area contributed by atoms with Gasteiger partial charge in [0.15, 0.2) is 0 Å². The summed E-state index contributed by atoms with van der Waals surface area (Å²) >= 11 is 0. The van der Waals surface area contributed by atoms with Crippen LogP contribution in [-0.2, 0) is 10.0 Å². The number of aryl methyl sites for hydroxylation is 1. The number of hydrazine groups is 1. The summed E-state index contributed by atoms with van der Waals surface area (Å²) in [5.41, 5.74) is 5.16. The standard InChI is InChI=1S/C20H25N3O5S/c1-13-10-14(2)12-23(11-13)29(26,27)17-6-4-16(5-7-17)19(24)21-22-20(25)18-8-9-28-15(18)3/h4-9,13-14H,10-12H2,1-3H3,(H,21,24)(H,22,25)/t13-,14-/m1/s1. The van der Waals surface area contributed by atoms with Gasteiger partial charge in [0.25, 0.3) is 11.8 Å². The summed E-state index contributed by atoms with van der Waals surface area (Å²) in [4.78, 5) is 24.4. The maximum atomic E-state index is 12.9. The van der Waals surface area contributed by atoms with Gasteiger partial charge in [-0.3, -0.25) is 20.4 Å². The first-order valence-electron chi connectivity index (χ1n) is 9.43. The van der Waals surface area contributed by atoms with Gasteiger partial charge in [-0.1, -0.05) is 13.8 Å². The minimum absolute atomic E-state index is 0.147. The second kappa shape index (κ2) is 8.38. The number of nitrogens with one attached hydrogen (secondary N) is 2. The quantitative estimate of drug-likeness (QED) is 0.740. The zero-order valence-electron chi connectivity index (χ0n) is 16.6. The predicted octanol–water partition coefficient (Wildman–Crippen LogP) is 2.33. The molecule has 1 aliphatic heterocycles. The summed E-state index contributed by atoms with van der Waals surface area (Å²) in [6.45, 7) is 6.72. The zero-order valence-corrected chi connectivity index (χ0v) is 17.5. The summed E-state index contributed by atoms with van der Waals surface area (Å²) in [6.07, 6.45) is 2.39. The van der Waals surface area contributed by atoms with E-state index < -0.39 is 21.8 Å². The number of hydrogen-bond donors (Lipinski definition) is 2. The van der Waals surface area contributed by atoms with Crippen LogP contribution >= 0.6 is 0 Å². The average molecular weight is 420 g/mol. The van der Waals surface area contributed by atoms with E-state index >= 15 is 0 Å². The SMILES string of the molecule is Cc1occc1C(=O)NNC(=O)c1ccc(S(=O)(=O)N2C[C@H](C)C[C@@H](C)C2)cc1. The molecular formula is C20H25N3O5S. The highest BCUT2D eigenvalue weighted by molar-refractivity contribution is 7.89. The van der Waals surface area contributed by atoms with E-state index in [0.717, 1.165) is 6.42 Å². The smallest absolute Gasteiger partial charge is 0.273 e. The van der Waals surface area contributed by atoms with Gasteiger partial charge in [0.2, 0.25) is 10.0 Å². The fraction of sp³-hybridized carbons (Fsp3) is 0.400. The second-order valence-corrected chi connectivity index (χ2v) is 9.53. The number of carbonyl (C=O) groups excluding carboxylic acids is 2. The number of rotatable bonds is 4. The van der Waals surface area contributed by atoms with E-state index in [2.05, 4.69) is 10.9 Å². The number of carbonyl (C=O) groups is 2. The molecular weight excluding hydrogens is 394 g/mol. The van der Waals surface area contributed by atoms with Gasteiger partial charge in [-0.2, -0.15) is 4.31 Å². The molecule has 8 nitrogen and oxygen atoms in total. The van der Waals surface area contributed by atoms with E-state index in [1.165, 1.54) is 40.9 Å². The first-order valence-corrected chi connectivity index (χ1v) is 10.9. The molecule has 2 aromatic rings. The molecule has 29 heavy (non-hydrogen) atoms. The number of amides is 2. The lowest BCUT2D eigenvalue weighted by Gasteiger charge is -2.34. The molecule has 1 fully saturated rings. The van der Waals surface area contributed by atoms with Crippen LogP contribution in [0.5, 0.6) is 0 Å². The highest BCUT2D eigenvalue weighted by atomic mass is 32.2. The Morgan fingerprint density at radius 1 is 1.00 bits per heavy atom. The molecule has 1 saturated heterocycles. The third-order valence-electron chi connectivity index (χ3n) is 4.98. The van der Waals surface area contributed by atoms with Crippen molar-refractivity contribution in [2.75, 3.05) is 13.1 Å². The molecule has 2 N–H and O–H groups in total. The van der Waals surface area contributed by atoms with Crippen LogP contribution in [0.1, 0.15) is 46.7 Å². The summed E-state index contributed by atoms with van der Waals surface area (Å²) < 4.78 is 32.4. The lowest BCUT2D eigenvalue weighted by molar-refractivity contribution is 0.0845. The number of benzene rings is 1. The van der Waals surface area contributed by atoms with Gasteiger partial charge in [0.1, 0.15) is 5.76 Å². The Bertz CT molecular complexity index is 987. The van der Waals surface area contributed by atoms with Crippen LogP contribution in [0.15, 0.2) is 45.9 Å². The molecule has 0 bridgehead atoms. The zero-order chi connectivity index (χ0) is 21.2. The number of sulfonamides is 1. The molecule has 1 aliphatic rings. The van der Waals surface area contributed by atoms with Crippen molar-refractivity contribution in [2.24, 2.45) is 11.8 Å². The summed E-state index contributed by atoms with van der Waals surface area (Å²) in [6, 6.07) is 7.17. The van der Waals surface area contributed by atoms with Crippen LogP contribution < -0.4 is 10.9 Å². The first-order chi connectivity index (χ1) is 13.7. The molecule has 1 aromatic carbocycles. The van der Waals surface area contributed by atoms with Crippen molar-refractivity contribution in [3.8, 4) is 0 Å². The maximum absolute atomic E-state index is 12.9. The van der Waals surface area contributed by atoms with E-state index in [-0.39, 0.29) is 10.5 Å². The Balaban J connectivity index is 1.65. The Morgan fingerprint density at radius 2 is 1.59 bits per heavy atom. The fourth-order valence-electron chi connectivity index (χ4n) is 3.60. The summed E-state index contributed by atoms with van der Waals surface area (Å²) in [5.74, 6) is -0.00411. The topological polar surface area (TPSA) is 109 Å². The Hall–Kier alpha value is -2.65. The van der Waals surface area contributed by atoms with Gasteiger partial charge in [0, 0.05) is 18.7 Å². The van der Waals surface area contributed by atoms with Crippen molar-refractivity contribution >= 4 is 21.8 Å². The van der Waals surface area contributed by atoms with Crippen molar-refractivity contribution in [1.82, 2.24) is 15.2 Å². The van der Waals surface area contributed by atoms with Gasteiger partial charge < -0.3 is 4.42 Å². The molecule has 9 heteroatoms. The minimum atomic E-state index is -3.61. The third kappa shape index (κ3) is 4.68. The fourth-order valence-corrected chi connectivity index (χ4v) is 5.28. The van der Waals surface area contributed by atoms with E-state index in [1.54, 1.807) is 6.92 Å². The van der Waals surface area contributed by atoms with Gasteiger partial charge in [-0.25, -0.2) is 8.42 Å². The molecule has 0 radical (unpaired) electrons. The van der Waals surface area contributed by atoms with Gasteiger partial charge in [0.05, 0.1) is 16.7 Å². The highest BCUT2D eigenvalue weighted by Gasteiger charge is 2.31. The molecule has 3 rings (SSSR count). The number of furan rings is 1. The molecule has 0 unspecified atom stereocenters. The van der Waals surface area contributed by atoms with Crippen LogP contribution in [0.25, 0.3) is 0 Å². The lowest BCUT2D eigenvalue weighted by Crippen LogP contribution is -2.42. The van der Waals surface area contributed by atoms with Gasteiger partial charge in [-0.15, -0.1) is 0 Å². The first kappa shape index (κ1) is 21.1. The van der Waals surface area contributed by atoms with Crippen molar-refractivity contribution in [3.63, 3.8) is 0 Å². The summed E-state index contributed by atoms with van der Waals surface area (Å²) in [5, 5.41) is 0. The van der Waals surface area contributed by atoms with E-state index in [4.69, 9.17) is 4.42 Å². The second-order valence-electron chi connectivity index (χ2n) is 7.59. The van der Waals surface area contributed by atoms with Crippen LogP contribution in [0, 0.1) is 18.8 Å². The van der Waals surface area contributed by atoms with Crippen molar-refractivity contribution < 1.29 is 22.4 Å². The van der Waals surface area contributed by atoms with Crippen LogP contribution in [-0.4, -0.2) is 37.6 Å². The molecule has 0 spiro atoms. The van der Waals surface area contributed by atoms with Crippen molar-refractivity contribution in [1.29, 1.82) is 0 Å². The van der Waals surface area contributed by atoms with Crippen LogP contribution in [0.4, 0.5) is 0 Å². The van der Waals surface area contributed by atoms with Crippen LogP contribution in [0.3, 0.4) is 0 Å². The number of nitrogens with zero attached hydrogens (tertiary/aromatic N) is 1. The molecule has 2 amide bonds. The van der Waals surface area contributed by atoms with Crippen LogP contribution in [0.2, 0.25) is 0 Å². The lowest BCUT2D eigenvalue weighted by atomic mass is 9.94. The minimum Gasteiger partial charge on any atom is -0.469 e. The van der Waals surface area contributed by atoms with E-state index in [1.807, 2.05) is 13.8 Å². The average Bonchev–Trinajstić information content (AvgIpc) is 3.11. The number of piperidine rings is 1. The largest absolute Gasteiger partial charge is 0.469 e. The molecule has 156 valence electrons. The van der Waals surface area contributed by atoms with Crippen molar-refractivity contribution in [2.45, 2.75) is 32.1 Å². The third-order valence-corrected chi connectivity index (χ3v) is 6.83. The highest BCUT2D eigenvalue weighted by Crippen LogP contribution is 2.26. The van der Waals surface area contributed by atoms with Crippen molar-refractivity contribution in [3.05, 3.63) is 53.5 Å².